The van der Waals surface area contributed by atoms with Crippen molar-refractivity contribution in [2.24, 2.45) is 0 Å². The largest absolute Gasteiger partial charge is 0.506 e. The third kappa shape index (κ3) is 3.88. The molecule has 1 rings (SSSR count). The van der Waals surface area contributed by atoms with Crippen molar-refractivity contribution in [3.8, 4) is 5.75 Å². The first kappa shape index (κ1) is 13.1. The predicted octanol–water partition coefficient (Wildman–Crippen LogP) is 1.70. The summed E-state index contributed by atoms with van der Waals surface area (Å²) in [7, 11) is -3.58. The Bertz CT molecular complexity index is 462. The molecule has 0 fully saturated rings. The highest BCUT2D eigenvalue weighted by atomic mass is 35.5. The van der Waals surface area contributed by atoms with Crippen molar-refractivity contribution in [3.63, 3.8) is 0 Å². The van der Waals surface area contributed by atoms with Gasteiger partial charge in [-0.2, -0.15) is 13.1 Å². The van der Waals surface area contributed by atoms with Crippen LogP contribution >= 0.6 is 11.6 Å². The maximum absolute atomic E-state index is 11.4. The molecule has 5 nitrogen and oxygen atoms in total. The molecule has 1 aromatic rings. The standard InChI is InChI=1S/C9H13ClN2O3S/c1-2-5-11-16(14,15)12-7-3-4-8(10)9(13)6-7/h3-4,6,11-13H,2,5H2,1H3. The highest BCUT2D eigenvalue weighted by Gasteiger charge is 2.09. The van der Waals surface area contributed by atoms with Crippen molar-refractivity contribution in [1.82, 2.24) is 4.72 Å². The fourth-order valence-corrected chi connectivity index (χ4v) is 2.10. The monoisotopic (exact) mass is 264 g/mol. The molecular weight excluding hydrogens is 252 g/mol. The molecule has 0 saturated carbocycles. The normalized spacial score (nSPS) is 11.4. The van der Waals surface area contributed by atoms with Gasteiger partial charge in [-0.1, -0.05) is 18.5 Å². The van der Waals surface area contributed by atoms with Gasteiger partial charge in [0.15, 0.2) is 0 Å². The first-order valence-corrected chi connectivity index (χ1v) is 6.56. The summed E-state index contributed by atoms with van der Waals surface area (Å²) in [5.74, 6) is -0.169. The van der Waals surface area contributed by atoms with E-state index in [1.165, 1.54) is 18.2 Å². The molecule has 0 aliphatic carbocycles. The summed E-state index contributed by atoms with van der Waals surface area (Å²) in [6, 6.07) is 4.12. The van der Waals surface area contributed by atoms with Gasteiger partial charge in [-0.3, -0.25) is 4.72 Å². The van der Waals surface area contributed by atoms with Crippen LogP contribution in [0.2, 0.25) is 5.02 Å². The third-order valence-corrected chi connectivity index (χ3v) is 3.15. The number of phenols is 1. The summed E-state index contributed by atoms with van der Waals surface area (Å²) in [6.07, 6.45) is 0.701. The summed E-state index contributed by atoms with van der Waals surface area (Å²) in [4.78, 5) is 0. The minimum atomic E-state index is -3.58. The molecule has 0 amide bonds. The minimum Gasteiger partial charge on any atom is -0.506 e. The van der Waals surface area contributed by atoms with Gasteiger partial charge in [0.1, 0.15) is 5.75 Å². The SMILES string of the molecule is CCCNS(=O)(=O)Nc1ccc(Cl)c(O)c1. The summed E-state index contributed by atoms with van der Waals surface area (Å²) in [5.41, 5.74) is 0.255. The lowest BCUT2D eigenvalue weighted by atomic mass is 10.3. The van der Waals surface area contributed by atoms with Gasteiger partial charge in [-0.15, -0.1) is 0 Å². The fourth-order valence-electron chi connectivity index (χ4n) is 1.00. The molecule has 0 aromatic heterocycles. The smallest absolute Gasteiger partial charge is 0.299 e. The van der Waals surface area contributed by atoms with Crippen molar-refractivity contribution in [2.45, 2.75) is 13.3 Å². The van der Waals surface area contributed by atoms with E-state index in [1.54, 1.807) is 0 Å². The van der Waals surface area contributed by atoms with Crippen LogP contribution in [0.5, 0.6) is 5.75 Å². The Hall–Kier alpha value is -0.980. The molecule has 7 heteroatoms. The van der Waals surface area contributed by atoms with E-state index in [2.05, 4.69) is 9.44 Å². The second kappa shape index (κ2) is 5.38. The summed E-state index contributed by atoms with van der Waals surface area (Å²) in [6.45, 7) is 2.21. The van der Waals surface area contributed by atoms with E-state index in [0.29, 0.717) is 13.0 Å². The van der Waals surface area contributed by atoms with Crippen LogP contribution in [0.25, 0.3) is 0 Å². The zero-order valence-corrected chi connectivity index (χ0v) is 10.3. The lowest BCUT2D eigenvalue weighted by Gasteiger charge is -2.09. The highest BCUT2D eigenvalue weighted by molar-refractivity contribution is 7.90. The van der Waals surface area contributed by atoms with Crippen LogP contribution in [0.15, 0.2) is 18.2 Å². The fraction of sp³-hybridized carbons (Fsp3) is 0.333. The van der Waals surface area contributed by atoms with E-state index in [-0.39, 0.29) is 16.5 Å². The number of benzene rings is 1. The van der Waals surface area contributed by atoms with Crippen LogP contribution in [-0.4, -0.2) is 20.1 Å². The van der Waals surface area contributed by atoms with Gasteiger partial charge in [0, 0.05) is 12.6 Å². The van der Waals surface area contributed by atoms with Crippen molar-refractivity contribution in [2.75, 3.05) is 11.3 Å². The predicted molar refractivity (Wildman–Crippen MR) is 64.0 cm³/mol. The van der Waals surface area contributed by atoms with Crippen molar-refractivity contribution >= 4 is 27.5 Å². The Labute approximate surface area is 99.6 Å². The number of anilines is 1. The van der Waals surface area contributed by atoms with Gasteiger partial charge in [0.05, 0.1) is 10.7 Å². The summed E-state index contributed by atoms with van der Waals surface area (Å²) < 4.78 is 27.4. The van der Waals surface area contributed by atoms with Gasteiger partial charge in [-0.05, 0) is 18.6 Å². The summed E-state index contributed by atoms with van der Waals surface area (Å²) >= 11 is 5.59. The molecule has 0 atom stereocenters. The maximum Gasteiger partial charge on any atom is 0.299 e. The Kier molecular flexibility index (Phi) is 4.40. The second-order valence-electron chi connectivity index (χ2n) is 3.17. The topological polar surface area (TPSA) is 78.4 Å². The molecule has 1 aromatic carbocycles. The van der Waals surface area contributed by atoms with Crippen LogP contribution < -0.4 is 9.44 Å². The average Bonchev–Trinajstić information content (AvgIpc) is 2.20. The number of phenolic OH excluding ortho intramolecular Hbond substituents is 1. The number of hydrogen-bond donors (Lipinski definition) is 3. The van der Waals surface area contributed by atoms with Crippen LogP contribution in [0.4, 0.5) is 5.69 Å². The summed E-state index contributed by atoms with van der Waals surface area (Å²) in [5, 5.41) is 9.46. The molecule has 90 valence electrons. The van der Waals surface area contributed by atoms with E-state index in [1.807, 2.05) is 6.92 Å². The minimum absolute atomic E-state index is 0.169. The first-order chi connectivity index (χ1) is 7.44. The molecule has 0 aliphatic heterocycles. The molecule has 16 heavy (non-hydrogen) atoms. The molecule has 0 heterocycles. The first-order valence-electron chi connectivity index (χ1n) is 4.70. The lowest BCUT2D eigenvalue weighted by molar-refractivity contribution is 0.476. The zero-order valence-electron chi connectivity index (χ0n) is 8.70. The molecular formula is C9H13ClN2O3S. The van der Waals surface area contributed by atoms with Gasteiger partial charge in [0.2, 0.25) is 0 Å². The Morgan fingerprint density at radius 1 is 1.44 bits per heavy atom. The Balaban J connectivity index is 2.76. The zero-order chi connectivity index (χ0) is 12.2. The molecule has 0 bridgehead atoms. The number of rotatable bonds is 5. The third-order valence-electron chi connectivity index (χ3n) is 1.74. The second-order valence-corrected chi connectivity index (χ2v) is 5.07. The highest BCUT2D eigenvalue weighted by Crippen LogP contribution is 2.26. The van der Waals surface area contributed by atoms with E-state index >= 15 is 0 Å². The van der Waals surface area contributed by atoms with Crippen LogP contribution in [0, 0.1) is 0 Å². The number of hydrogen-bond acceptors (Lipinski definition) is 3. The van der Waals surface area contributed by atoms with Gasteiger partial charge in [-0.25, -0.2) is 0 Å². The van der Waals surface area contributed by atoms with E-state index in [4.69, 9.17) is 11.6 Å². The quantitative estimate of drug-likeness (QED) is 0.757. The van der Waals surface area contributed by atoms with E-state index < -0.39 is 10.2 Å². The van der Waals surface area contributed by atoms with Crippen molar-refractivity contribution < 1.29 is 13.5 Å². The number of nitrogens with one attached hydrogen (secondary N) is 2. The van der Waals surface area contributed by atoms with Crippen LogP contribution in [0.1, 0.15) is 13.3 Å². The van der Waals surface area contributed by atoms with Gasteiger partial charge < -0.3 is 5.11 Å². The van der Waals surface area contributed by atoms with E-state index in [9.17, 15) is 13.5 Å². The Morgan fingerprint density at radius 2 is 2.12 bits per heavy atom. The van der Waals surface area contributed by atoms with Gasteiger partial charge in [0.25, 0.3) is 10.2 Å². The average molecular weight is 265 g/mol. The van der Waals surface area contributed by atoms with Crippen molar-refractivity contribution in [1.29, 1.82) is 0 Å². The molecule has 0 spiro atoms. The molecule has 3 N–H and O–H groups in total. The lowest BCUT2D eigenvalue weighted by Crippen LogP contribution is -2.30. The van der Waals surface area contributed by atoms with Crippen molar-refractivity contribution in [3.05, 3.63) is 23.2 Å². The van der Waals surface area contributed by atoms with Crippen LogP contribution in [0.3, 0.4) is 0 Å². The molecule has 0 unspecified atom stereocenters. The number of halogens is 1. The van der Waals surface area contributed by atoms with Gasteiger partial charge >= 0.3 is 0 Å². The molecule has 0 saturated heterocycles. The van der Waals surface area contributed by atoms with Crippen LogP contribution in [-0.2, 0) is 10.2 Å². The molecule has 0 aliphatic rings. The van der Waals surface area contributed by atoms with E-state index in [0.717, 1.165) is 0 Å². The Morgan fingerprint density at radius 3 is 2.69 bits per heavy atom. The molecule has 0 radical (unpaired) electrons. The number of aromatic hydroxyl groups is 1. The maximum atomic E-state index is 11.4.